The smallest absolute Gasteiger partial charge is 0.266 e. The summed E-state index contributed by atoms with van der Waals surface area (Å²) in [5.41, 5.74) is 4.40. The van der Waals surface area contributed by atoms with Crippen molar-refractivity contribution in [2.75, 3.05) is 6.61 Å². The second-order valence-corrected chi connectivity index (χ2v) is 6.87. The third kappa shape index (κ3) is 3.00. The molecule has 0 bridgehead atoms. The second kappa shape index (κ2) is 7.07. The van der Waals surface area contributed by atoms with Crippen LogP contribution in [0.2, 0.25) is 0 Å². The zero-order valence-corrected chi connectivity index (χ0v) is 13.8. The molecular formula is C18H25FN2O3. The molecule has 24 heavy (non-hydrogen) atoms. The molecule has 1 heterocycles. The molecule has 4 rings (SSSR count). The van der Waals surface area contributed by atoms with Crippen molar-refractivity contribution in [3.8, 4) is 5.75 Å². The Balaban J connectivity index is 0.00000169. The monoisotopic (exact) mass is 336 g/mol. The van der Waals surface area contributed by atoms with Crippen LogP contribution < -0.4 is 10.2 Å². The first-order valence-electron chi connectivity index (χ1n) is 8.77. The van der Waals surface area contributed by atoms with Crippen molar-refractivity contribution in [1.29, 1.82) is 0 Å². The first-order chi connectivity index (χ1) is 11.2. The number of amides is 1. The van der Waals surface area contributed by atoms with E-state index in [1.807, 2.05) is 0 Å². The van der Waals surface area contributed by atoms with Crippen molar-refractivity contribution in [3.05, 3.63) is 29.1 Å². The number of rotatable bonds is 4. The van der Waals surface area contributed by atoms with E-state index in [0.29, 0.717) is 30.7 Å². The molecule has 2 aliphatic carbocycles. The Morgan fingerprint density at radius 2 is 1.79 bits per heavy atom. The molecule has 2 saturated carbocycles. The lowest BCUT2D eigenvalue weighted by atomic mass is 9.86. The molecule has 0 aromatic heterocycles. The lowest BCUT2D eigenvalue weighted by molar-refractivity contribution is -0.00276. The highest BCUT2D eigenvalue weighted by atomic mass is 19.1. The zero-order valence-electron chi connectivity index (χ0n) is 13.8. The van der Waals surface area contributed by atoms with Crippen LogP contribution in [0, 0.1) is 5.82 Å². The summed E-state index contributed by atoms with van der Waals surface area (Å²) in [5.74, 6) is -0.223. The minimum absolute atomic E-state index is 0. The number of ether oxygens (including phenoxy) is 1. The molecule has 3 aliphatic rings. The number of nitrogens with one attached hydrogen (secondary N) is 1. The van der Waals surface area contributed by atoms with Gasteiger partial charge in [0.25, 0.3) is 5.91 Å². The van der Waals surface area contributed by atoms with Crippen LogP contribution in [0.5, 0.6) is 5.75 Å². The number of benzene rings is 1. The third-order valence-corrected chi connectivity index (χ3v) is 5.44. The molecular weight excluding hydrogens is 311 g/mol. The van der Waals surface area contributed by atoms with Gasteiger partial charge < -0.3 is 10.2 Å². The predicted molar refractivity (Wildman–Crippen MR) is 88.4 cm³/mol. The number of halogens is 1. The van der Waals surface area contributed by atoms with Crippen LogP contribution in [0.25, 0.3) is 0 Å². The van der Waals surface area contributed by atoms with E-state index >= 15 is 0 Å². The molecule has 1 amide bonds. The average Bonchev–Trinajstić information content (AvgIpc) is 2.44. The van der Waals surface area contributed by atoms with Gasteiger partial charge in [0.15, 0.2) is 11.6 Å². The summed E-state index contributed by atoms with van der Waals surface area (Å²) < 4.78 is 19.3. The number of hydrogen-bond donors (Lipinski definition) is 1. The maximum Gasteiger partial charge on any atom is 0.266 e. The summed E-state index contributed by atoms with van der Waals surface area (Å²) in [4.78, 5) is 12.8. The van der Waals surface area contributed by atoms with Gasteiger partial charge in [-0.1, -0.05) is 12.8 Å². The maximum atomic E-state index is 13.9. The van der Waals surface area contributed by atoms with E-state index in [-0.39, 0.29) is 23.0 Å². The van der Waals surface area contributed by atoms with Crippen molar-refractivity contribution < 1.29 is 19.4 Å². The van der Waals surface area contributed by atoms with Crippen molar-refractivity contribution in [1.82, 2.24) is 10.4 Å². The normalized spacial score (nSPS) is 20.2. The Hall–Kier alpha value is -1.66. The number of nitrogens with zero attached hydrogens (tertiary/aromatic N) is 1. The van der Waals surface area contributed by atoms with Crippen LogP contribution in [-0.2, 0) is 6.42 Å². The van der Waals surface area contributed by atoms with Gasteiger partial charge in [-0.2, -0.15) is 0 Å². The molecule has 1 aliphatic heterocycles. The number of hydrazine groups is 1. The van der Waals surface area contributed by atoms with Crippen LogP contribution in [0.4, 0.5) is 4.39 Å². The van der Waals surface area contributed by atoms with E-state index in [9.17, 15) is 9.18 Å². The molecule has 0 spiro atoms. The molecule has 0 radical (unpaired) electrons. The highest BCUT2D eigenvalue weighted by molar-refractivity contribution is 5.96. The van der Waals surface area contributed by atoms with Crippen molar-refractivity contribution >= 4 is 5.91 Å². The first-order valence-corrected chi connectivity index (χ1v) is 8.77. The Labute approximate surface area is 141 Å². The minimum atomic E-state index is -0.369. The largest absolute Gasteiger partial charge is 0.490 e. The van der Waals surface area contributed by atoms with Gasteiger partial charge in [0, 0.05) is 23.2 Å². The van der Waals surface area contributed by atoms with Gasteiger partial charge in [0.2, 0.25) is 0 Å². The molecule has 0 atom stereocenters. The third-order valence-electron chi connectivity index (χ3n) is 5.44. The first kappa shape index (κ1) is 17.2. The van der Waals surface area contributed by atoms with Crippen molar-refractivity contribution in [2.45, 2.75) is 63.5 Å². The highest BCUT2D eigenvalue weighted by Crippen LogP contribution is 2.34. The maximum absolute atomic E-state index is 13.9. The molecule has 1 aromatic carbocycles. The number of carbonyl (C=O) groups is 1. The molecule has 5 nitrogen and oxygen atoms in total. The molecule has 132 valence electrons. The standard InChI is InChI=1S/C18H23FN2O2.H2O/c19-16-10-9-15(14-8-3-11-23-17(14)16)18(22)20-21(12-4-1-5-12)13-6-2-7-13;/h9-10,12-13H,1-8,11H2,(H,20,22);1H2. The number of hydrogen-bond acceptors (Lipinski definition) is 3. The molecule has 1 aromatic rings. The lowest BCUT2D eigenvalue weighted by Crippen LogP contribution is -2.58. The lowest BCUT2D eigenvalue weighted by Gasteiger charge is -2.45. The molecule has 2 fully saturated rings. The Bertz CT molecular complexity index is 601. The van der Waals surface area contributed by atoms with Gasteiger partial charge in [-0.15, -0.1) is 0 Å². The summed E-state index contributed by atoms with van der Waals surface area (Å²) in [7, 11) is 0. The second-order valence-electron chi connectivity index (χ2n) is 6.87. The van der Waals surface area contributed by atoms with Gasteiger partial charge in [-0.05, 0) is 50.7 Å². The summed E-state index contributed by atoms with van der Waals surface area (Å²) in [6.45, 7) is 0.519. The fourth-order valence-electron chi connectivity index (χ4n) is 3.63. The van der Waals surface area contributed by atoms with Crippen LogP contribution in [0.3, 0.4) is 0 Å². The summed E-state index contributed by atoms with van der Waals surface area (Å²) in [6.07, 6.45) is 8.62. The predicted octanol–water partition coefficient (Wildman–Crippen LogP) is 2.38. The van der Waals surface area contributed by atoms with E-state index in [1.165, 1.54) is 18.9 Å². The highest BCUT2D eigenvalue weighted by Gasteiger charge is 2.35. The molecule has 3 N–H and O–H groups in total. The Kier molecular flexibility index (Phi) is 5.06. The van der Waals surface area contributed by atoms with E-state index in [0.717, 1.165) is 37.7 Å². The van der Waals surface area contributed by atoms with E-state index < -0.39 is 0 Å². The molecule has 0 unspecified atom stereocenters. The minimum Gasteiger partial charge on any atom is -0.490 e. The quantitative estimate of drug-likeness (QED) is 0.858. The van der Waals surface area contributed by atoms with E-state index in [1.54, 1.807) is 6.07 Å². The van der Waals surface area contributed by atoms with Gasteiger partial charge in [0.1, 0.15) is 0 Å². The summed E-state index contributed by atoms with van der Waals surface area (Å²) in [6, 6.07) is 3.88. The van der Waals surface area contributed by atoms with Gasteiger partial charge in [0.05, 0.1) is 6.61 Å². The number of fused-ring (bicyclic) bond motifs is 1. The van der Waals surface area contributed by atoms with E-state index in [4.69, 9.17) is 4.74 Å². The van der Waals surface area contributed by atoms with Crippen LogP contribution in [0.1, 0.15) is 60.9 Å². The summed E-state index contributed by atoms with van der Waals surface area (Å²) >= 11 is 0. The van der Waals surface area contributed by atoms with Gasteiger partial charge in [-0.25, -0.2) is 9.40 Å². The number of carbonyl (C=O) groups excluding carboxylic acids is 1. The Morgan fingerprint density at radius 1 is 1.12 bits per heavy atom. The van der Waals surface area contributed by atoms with Crippen LogP contribution in [-0.4, -0.2) is 35.1 Å². The Morgan fingerprint density at radius 3 is 2.38 bits per heavy atom. The van der Waals surface area contributed by atoms with Crippen molar-refractivity contribution in [3.63, 3.8) is 0 Å². The van der Waals surface area contributed by atoms with Crippen molar-refractivity contribution in [2.24, 2.45) is 0 Å². The van der Waals surface area contributed by atoms with Gasteiger partial charge >= 0.3 is 0 Å². The van der Waals surface area contributed by atoms with Gasteiger partial charge in [-0.3, -0.25) is 10.2 Å². The van der Waals surface area contributed by atoms with Crippen LogP contribution >= 0.6 is 0 Å². The van der Waals surface area contributed by atoms with E-state index in [2.05, 4.69) is 10.4 Å². The molecule has 0 saturated heterocycles. The average molecular weight is 336 g/mol. The fourth-order valence-corrected chi connectivity index (χ4v) is 3.63. The SMILES string of the molecule is O.O=C(NN(C1CCC1)C1CCC1)c1ccc(F)c2c1CCCO2. The fraction of sp³-hybridized carbons (Fsp3) is 0.611. The zero-order chi connectivity index (χ0) is 15.8. The van der Waals surface area contributed by atoms with Crippen LogP contribution in [0.15, 0.2) is 12.1 Å². The summed E-state index contributed by atoms with van der Waals surface area (Å²) in [5, 5.41) is 2.18. The molecule has 6 heteroatoms. The topological polar surface area (TPSA) is 73.1 Å².